The summed E-state index contributed by atoms with van der Waals surface area (Å²) in [5.74, 6) is -1.54. The monoisotopic (exact) mass is 262 g/mol. The third-order valence-electron chi connectivity index (χ3n) is 2.48. The fraction of sp³-hybridized carbons (Fsp3) is 0.417. The van der Waals surface area contributed by atoms with E-state index in [4.69, 9.17) is 9.84 Å². The molecule has 0 aromatic heterocycles. The van der Waals surface area contributed by atoms with Gasteiger partial charge in [-0.3, -0.25) is 4.79 Å². The summed E-state index contributed by atoms with van der Waals surface area (Å²) in [5.41, 5.74) is 1.70. The first kappa shape index (κ1) is 14.3. The Morgan fingerprint density at radius 1 is 1.33 bits per heavy atom. The molecule has 0 bridgehead atoms. The van der Waals surface area contributed by atoms with Crippen molar-refractivity contribution in [2.75, 3.05) is 0 Å². The maximum absolute atomic E-state index is 12.6. The van der Waals surface area contributed by atoms with Crippen LogP contribution in [0.5, 0.6) is 5.75 Å². The predicted octanol–water partition coefficient (Wildman–Crippen LogP) is 3.09. The van der Waals surface area contributed by atoms with Gasteiger partial charge in [0.25, 0.3) is 0 Å². The molecule has 0 heterocycles. The topological polar surface area (TPSA) is 46.5 Å². The molecule has 1 atom stereocenters. The number of benzene rings is 1. The average Bonchev–Trinajstić information content (AvgIpc) is 2.20. The van der Waals surface area contributed by atoms with Crippen molar-refractivity contribution in [3.8, 4) is 5.75 Å². The van der Waals surface area contributed by atoms with Crippen LogP contribution < -0.4 is 4.74 Å². The first-order valence-electron chi connectivity index (χ1n) is 5.22. The van der Waals surface area contributed by atoms with E-state index in [1.807, 2.05) is 6.92 Å². The Bertz CT molecular complexity index is 441. The van der Waals surface area contributed by atoms with E-state index in [0.29, 0.717) is 0 Å². The number of ether oxygens (including phenoxy) is 1. The van der Waals surface area contributed by atoms with E-state index in [-0.39, 0.29) is 5.75 Å². The van der Waals surface area contributed by atoms with Gasteiger partial charge in [0.2, 0.25) is 6.10 Å². The Labute approximate surface area is 102 Å². The van der Waals surface area contributed by atoms with Crippen LogP contribution in [0.4, 0.5) is 13.2 Å². The van der Waals surface area contributed by atoms with E-state index in [2.05, 4.69) is 0 Å². The molecule has 0 saturated heterocycles. The zero-order valence-corrected chi connectivity index (χ0v) is 9.91. The second-order valence-corrected chi connectivity index (χ2v) is 3.99. The Kier molecular flexibility index (Phi) is 4.21. The minimum absolute atomic E-state index is 0.0154. The summed E-state index contributed by atoms with van der Waals surface area (Å²) in [6, 6.07) is 4.47. The maximum atomic E-state index is 12.6. The number of hydrogen-bond donors (Lipinski definition) is 1. The van der Waals surface area contributed by atoms with Gasteiger partial charge < -0.3 is 9.84 Å². The molecule has 100 valence electrons. The Morgan fingerprint density at radius 3 is 2.39 bits per heavy atom. The molecule has 0 spiro atoms. The second-order valence-electron chi connectivity index (χ2n) is 3.99. The summed E-state index contributed by atoms with van der Waals surface area (Å²) in [6.07, 6.45) is -8.16. The Hall–Kier alpha value is -1.72. The first-order chi connectivity index (χ1) is 8.20. The molecule has 0 aliphatic carbocycles. The zero-order valence-electron chi connectivity index (χ0n) is 9.91. The molecular formula is C12H13F3O3. The zero-order chi connectivity index (χ0) is 13.9. The first-order valence-corrected chi connectivity index (χ1v) is 5.22. The fourth-order valence-electron chi connectivity index (χ4n) is 1.33. The number of aryl methyl sites for hydroxylation is 2. The average molecular weight is 262 g/mol. The van der Waals surface area contributed by atoms with Crippen LogP contribution in [0.15, 0.2) is 18.2 Å². The lowest BCUT2D eigenvalue weighted by Crippen LogP contribution is -2.36. The summed E-state index contributed by atoms with van der Waals surface area (Å²) in [7, 11) is 0. The van der Waals surface area contributed by atoms with Crippen molar-refractivity contribution >= 4 is 5.97 Å². The highest BCUT2D eigenvalue weighted by molar-refractivity contribution is 5.67. The normalized spacial score (nSPS) is 13.2. The second kappa shape index (κ2) is 5.29. The number of carbonyl (C=O) groups is 1. The van der Waals surface area contributed by atoms with Gasteiger partial charge in [-0.2, -0.15) is 13.2 Å². The molecule has 6 heteroatoms. The highest BCUT2D eigenvalue weighted by Gasteiger charge is 2.43. The summed E-state index contributed by atoms with van der Waals surface area (Å²) in [6.45, 7) is 3.56. The lowest BCUT2D eigenvalue weighted by molar-refractivity contribution is -0.200. The molecular weight excluding hydrogens is 249 g/mol. The van der Waals surface area contributed by atoms with E-state index in [1.165, 1.54) is 12.1 Å². The lowest BCUT2D eigenvalue weighted by Gasteiger charge is -2.20. The van der Waals surface area contributed by atoms with Gasteiger partial charge >= 0.3 is 12.1 Å². The standard InChI is InChI=1S/C12H13F3O3/c1-7-3-4-9(5-8(7)2)18-10(6-11(16)17)12(13,14)15/h3-5,10H,6H2,1-2H3,(H,16,17). The molecule has 18 heavy (non-hydrogen) atoms. The number of carboxylic acid groups (broad SMARTS) is 1. The van der Waals surface area contributed by atoms with E-state index >= 15 is 0 Å². The summed E-state index contributed by atoms with van der Waals surface area (Å²) < 4.78 is 42.4. The van der Waals surface area contributed by atoms with Crippen LogP contribution >= 0.6 is 0 Å². The van der Waals surface area contributed by atoms with Gasteiger partial charge in [0.05, 0.1) is 6.42 Å². The highest BCUT2D eigenvalue weighted by atomic mass is 19.4. The molecule has 0 radical (unpaired) electrons. The SMILES string of the molecule is Cc1ccc(OC(CC(=O)O)C(F)(F)F)cc1C. The van der Waals surface area contributed by atoms with Gasteiger partial charge in [0, 0.05) is 0 Å². The molecule has 1 rings (SSSR count). The van der Waals surface area contributed by atoms with E-state index in [9.17, 15) is 18.0 Å². The number of rotatable bonds is 4. The van der Waals surface area contributed by atoms with Crippen molar-refractivity contribution in [2.24, 2.45) is 0 Å². The number of carboxylic acids is 1. The summed E-state index contributed by atoms with van der Waals surface area (Å²) in [4.78, 5) is 10.4. The van der Waals surface area contributed by atoms with E-state index in [0.717, 1.165) is 11.1 Å². The number of alkyl halides is 3. The van der Waals surface area contributed by atoms with Crippen molar-refractivity contribution < 1.29 is 27.8 Å². The minimum Gasteiger partial charge on any atom is -0.481 e. The molecule has 1 N–H and O–H groups in total. The fourth-order valence-corrected chi connectivity index (χ4v) is 1.33. The van der Waals surface area contributed by atoms with Gasteiger partial charge in [-0.05, 0) is 37.1 Å². The van der Waals surface area contributed by atoms with Gasteiger partial charge in [-0.25, -0.2) is 0 Å². The molecule has 0 fully saturated rings. The summed E-state index contributed by atoms with van der Waals surface area (Å²) in [5, 5.41) is 8.44. The quantitative estimate of drug-likeness (QED) is 0.907. The smallest absolute Gasteiger partial charge is 0.425 e. The van der Waals surface area contributed by atoms with Crippen LogP contribution in [0.25, 0.3) is 0 Å². The highest BCUT2D eigenvalue weighted by Crippen LogP contribution is 2.28. The van der Waals surface area contributed by atoms with Gasteiger partial charge in [-0.1, -0.05) is 6.07 Å². The lowest BCUT2D eigenvalue weighted by atomic mass is 10.1. The maximum Gasteiger partial charge on any atom is 0.425 e. The van der Waals surface area contributed by atoms with Gasteiger partial charge in [0.15, 0.2) is 0 Å². The molecule has 0 aliphatic heterocycles. The number of halogens is 3. The van der Waals surface area contributed by atoms with E-state index in [1.54, 1.807) is 13.0 Å². The molecule has 0 amide bonds. The molecule has 0 saturated carbocycles. The van der Waals surface area contributed by atoms with E-state index < -0.39 is 24.7 Å². The van der Waals surface area contributed by atoms with Crippen molar-refractivity contribution in [3.63, 3.8) is 0 Å². The van der Waals surface area contributed by atoms with Crippen molar-refractivity contribution in [2.45, 2.75) is 32.5 Å². The van der Waals surface area contributed by atoms with Crippen LogP contribution in [-0.2, 0) is 4.79 Å². The van der Waals surface area contributed by atoms with Crippen molar-refractivity contribution in [1.29, 1.82) is 0 Å². The largest absolute Gasteiger partial charge is 0.481 e. The van der Waals surface area contributed by atoms with Crippen LogP contribution in [0.2, 0.25) is 0 Å². The third kappa shape index (κ3) is 3.94. The number of aliphatic carboxylic acids is 1. The minimum atomic E-state index is -4.71. The van der Waals surface area contributed by atoms with Crippen LogP contribution in [-0.4, -0.2) is 23.4 Å². The van der Waals surface area contributed by atoms with Crippen LogP contribution in [0, 0.1) is 13.8 Å². The Balaban J connectivity index is 2.89. The van der Waals surface area contributed by atoms with Crippen LogP contribution in [0.3, 0.4) is 0 Å². The van der Waals surface area contributed by atoms with Crippen molar-refractivity contribution in [1.82, 2.24) is 0 Å². The summed E-state index contributed by atoms with van der Waals surface area (Å²) >= 11 is 0. The molecule has 1 unspecified atom stereocenters. The molecule has 0 aliphatic rings. The van der Waals surface area contributed by atoms with Crippen molar-refractivity contribution in [3.05, 3.63) is 29.3 Å². The van der Waals surface area contributed by atoms with Crippen LogP contribution in [0.1, 0.15) is 17.5 Å². The third-order valence-corrected chi connectivity index (χ3v) is 2.48. The molecule has 1 aromatic carbocycles. The Morgan fingerprint density at radius 2 is 1.94 bits per heavy atom. The van der Waals surface area contributed by atoms with Gasteiger partial charge in [0.1, 0.15) is 5.75 Å². The predicted molar refractivity (Wildman–Crippen MR) is 58.6 cm³/mol. The molecule has 3 nitrogen and oxygen atoms in total. The number of hydrogen-bond acceptors (Lipinski definition) is 2. The molecule has 1 aromatic rings. The van der Waals surface area contributed by atoms with Gasteiger partial charge in [-0.15, -0.1) is 0 Å².